The standard InChI is InChI=1S/C17H22.C2H6/c1-3-14-17(2,15-10-6-4-7-11-15)16-12-8-5-9-13-16;1-2/h4-12,16H,3,13-14H2,1-2H3;1-2H3. The zero-order valence-corrected chi connectivity index (χ0v) is 12.9. The SMILES string of the molecule is CC.CCCC(C)(c1ccccc1)C1C=CC=CC1. The monoisotopic (exact) mass is 256 g/mol. The second-order valence-electron chi connectivity index (χ2n) is 5.19. The smallest absolute Gasteiger partial charge is 0.000959 e. The quantitative estimate of drug-likeness (QED) is 0.629. The Morgan fingerprint density at radius 2 is 1.79 bits per heavy atom. The highest BCUT2D eigenvalue weighted by Crippen LogP contribution is 2.40. The fourth-order valence-corrected chi connectivity index (χ4v) is 2.94. The van der Waals surface area contributed by atoms with E-state index in [4.69, 9.17) is 0 Å². The van der Waals surface area contributed by atoms with Gasteiger partial charge >= 0.3 is 0 Å². The Labute approximate surface area is 119 Å². The number of rotatable bonds is 4. The van der Waals surface area contributed by atoms with Gasteiger partial charge in [-0.3, -0.25) is 0 Å². The number of hydrogen-bond acceptors (Lipinski definition) is 0. The molecular weight excluding hydrogens is 228 g/mol. The lowest BCUT2D eigenvalue weighted by atomic mass is 9.67. The summed E-state index contributed by atoms with van der Waals surface area (Å²) in [5.41, 5.74) is 1.75. The van der Waals surface area contributed by atoms with Gasteiger partial charge in [0, 0.05) is 0 Å². The Balaban J connectivity index is 0.000000861. The third kappa shape index (κ3) is 3.83. The van der Waals surface area contributed by atoms with E-state index >= 15 is 0 Å². The first-order valence-electron chi connectivity index (χ1n) is 7.66. The predicted octanol–water partition coefficient (Wildman–Crippen LogP) is 5.90. The third-order valence-electron chi connectivity index (χ3n) is 4.00. The van der Waals surface area contributed by atoms with Gasteiger partial charge in [-0.05, 0) is 29.7 Å². The van der Waals surface area contributed by atoms with Gasteiger partial charge in [0.25, 0.3) is 0 Å². The van der Waals surface area contributed by atoms with Crippen LogP contribution in [0.3, 0.4) is 0 Å². The molecule has 0 nitrogen and oxygen atoms in total. The summed E-state index contributed by atoms with van der Waals surface area (Å²) in [5.74, 6) is 0.634. The average Bonchev–Trinajstić information content (AvgIpc) is 2.51. The van der Waals surface area contributed by atoms with Crippen LogP contribution in [-0.2, 0) is 5.41 Å². The fourth-order valence-electron chi connectivity index (χ4n) is 2.94. The van der Waals surface area contributed by atoms with Crippen molar-refractivity contribution in [3.8, 4) is 0 Å². The summed E-state index contributed by atoms with van der Waals surface area (Å²) < 4.78 is 0. The number of hydrogen-bond donors (Lipinski definition) is 0. The molecule has 0 bridgehead atoms. The first-order chi connectivity index (χ1) is 9.27. The van der Waals surface area contributed by atoms with Gasteiger partial charge in [0.15, 0.2) is 0 Å². The Bertz CT molecular complexity index is 399. The average molecular weight is 256 g/mol. The van der Waals surface area contributed by atoms with Crippen LogP contribution in [0.15, 0.2) is 54.6 Å². The normalized spacial score (nSPS) is 20.3. The van der Waals surface area contributed by atoms with Gasteiger partial charge in [0.1, 0.15) is 0 Å². The van der Waals surface area contributed by atoms with Gasteiger partial charge in [-0.2, -0.15) is 0 Å². The van der Waals surface area contributed by atoms with Gasteiger partial charge in [-0.25, -0.2) is 0 Å². The van der Waals surface area contributed by atoms with Crippen LogP contribution < -0.4 is 0 Å². The van der Waals surface area contributed by atoms with E-state index in [0.717, 1.165) is 0 Å². The van der Waals surface area contributed by atoms with E-state index in [1.54, 1.807) is 0 Å². The molecule has 0 fully saturated rings. The molecule has 0 aliphatic heterocycles. The van der Waals surface area contributed by atoms with Crippen LogP contribution in [0.1, 0.15) is 52.5 Å². The minimum Gasteiger partial charge on any atom is -0.0839 e. The number of benzene rings is 1. The molecule has 2 rings (SSSR count). The summed E-state index contributed by atoms with van der Waals surface area (Å²) in [6.45, 7) is 8.70. The molecule has 1 aliphatic carbocycles. The van der Waals surface area contributed by atoms with Crippen molar-refractivity contribution in [1.82, 2.24) is 0 Å². The van der Waals surface area contributed by atoms with Crippen LogP contribution in [0, 0.1) is 5.92 Å². The summed E-state index contributed by atoms with van der Waals surface area (Å²) in [7, 11) is 0. The van der Waals surface area contributed by atoms with Crippen LogP contribution in [-0.4, -0.2) is 0 Å². The van der Waals surface area contributed by atoms with Crippen molar-refractivity contribution in [2.24, 2.45) is 5.92 Å². The minimum atomic E-state index is 0.275. The van der Waals surface area contributed by atoms with Crippen molar-refractivity contribution in [1.29, 1.82) is 0 Å². The topological polar surface area (TPSA) is 0 Å². The molecule has 2 atom stereocenters. The molecule has 2 unspecified atom stereocenters. The molecule has 1 aliphatic rings. The van der Waals surface area contributed by atoms with Gasteiger partial charge in [0.05, 0.1) is 0 Å². The van der Waals surface area contributed by atoms with Gasteiger partial charge in [-0.1, -0.05) is 88.8 Å². The van der Waals surface area contributed by atoms with Crippen LogP contribution >= 0.6 is 0 Å². The second kappa shape index (κ2) is 7.99. The van der Waals surface area contributed by atoms with E-state index in [9.17, 15) is 0 Å². The molecule has 0 N–H and O–H groups in total. The van der Waals surface area contributed by atoms with E-state index in [0.29, 0.717) is 5.92 Å². The van der Waals surface area contributed by atoms with E-state index in [2.05, 4.69) is 68.5 Å². The lowest BCUT2D eigenvalue weighted by Crippen LogP contribution is -2.31. The van der Waals surface area contributed by atoms with Crippen molar-refractivity contribution in [3.63, 3.8) is 0 Å². The maximum Gasteiger partial charge on any atom is -0.000959 e. The van der Waals surface area contributed by atoms with Crippen molar-refractivity contribution in [2.45, 2.75) is 52.4 Å². The molecule has 19 heavy (non-hydrogen) atoms. The summed E-state index contributed by atoms with van der Waals surface area (Å²) in [4.78, 5) is 0. The fraction of sp³-hybridized carbons (Fsp3) is 0.474. The molecule has 0 spiro atoms. The van der Waals surface area contributed by atoms with Crippen LogP contribution in [0.25, 0.3) is 0 Å². The van der Waals surface area contributed by atoms with E-state index in [1.807, 2.05) is 13.8 Å². The van der Waals surface area contributed by atoms with E-state index in [1.165, 1.54) is 24.8 Å². The summed E-state index contributed by atoms with van der Waals surface area (Å²) in [6.07, 6.45) is 12.7. The molecule has 0 heterocycles. The number of allylic oxidation sites excluding steroid dienone is 4. The molecular formula is C19H28. The van der Waals surface area contributed by atoms with Crippen molar-refractivity contribution in [3.05, 3.63) is 60.2 Å². The maximum absolute atomic E-state index is 2.42. The van der Waals surface area contributed by atoms with Gasteiger partial charge < -0.3 is 0 Å². The largest absolute Gasteiger partial charge is 0.0839 e. The summed E-state index contributed by atoms with van der Waals surface area (Å²) >= 11 is 0. The highest BCUT2D eigenvalue weighted by atomic mass is 14.4. The molecule has 1 aromatic carbocycles. The molecule has 0 amide bonds. The highest BCUT2D eigenvalue weighted by Gasteiger charge is 2.33. The second-order valence-corrected chi connectivity index (χ2v) is 5.19. The highest BCUT2D eigenvalue weighted by molar-refractivity contribution is 5.29. The molecule has 104 valence electrons. The zero-order valence-electron chi connectivity index (χ0n) is 12.9. The van der Waals surface area contributed by atoms with Crippen molar-refractivity contribution < 1.29 is 0 Å². The Kier molecular flexibility index (Phi) is 6.62. The Morgan fingerprint density at radius 1 is 1.11 bits per heavy atom. The molecule has 0 radical (unpaired) electrons. The molecule has 0 saturated heterocycles. The van der Waals surface area contributed by atoms with Crippen LogP contribution in [0.5, 0.6) is 0 Å². The Hall–Kier alpha value is -1.30. The van der Waals surface area contributed by atoms with Crippen LogP contribution in [0.2, 0.25) is 0 Å². The molecule has 0 aromatic heterocycles. The van der Waals surface area contributed by atoms with Crippen molar-refractivity contribution >= 4 is 0 Å². The maximum atomic E-state index is 2.42. The first kappa shape index (κ1) is 15.8. The Morgan fingerprint density at radius 3 is 2.32 bits per heavy atom. The lowest BCUT2D eigenvalue weighted by Gasteiger charge is -2.37. The first-order valence-corrected chi connectivity index (χ1v) is 7.66. The van der Waals surface area contributed by atoms with Crippen molar-refractivity contribution in [2.75, 3.05) is 0 Å². The zero-order chi connectivity index (χ0) is 14.1. The third-order valence-corrected chi connectivity index (χ3v) is 4.00. The summed E-state index contributed by atoms with van der Waals surface area (Å²) in [5, 5.41) is 0. The van der Waals surface area contributed by atoms with Crippen LogP contribution in [0.4, 0.5) is 0 Å². The van der Waals surface area contributed by atoms with Gasteiger partial charge in [-0.15, -0.1) is 0 Å². The molecule has 0 saturated carbocycles. The van der Waals surface area contributed by atoms with E-state index < -0.39 is 0 Å². The lowest BCUT2D eigenvalue weighted by molar-refractivity contribution is 0.320. The predicted molar refractivity (Wildman–Crippen MR) is 86.4 cm³/mol. The van der Waals surface area contributed by atoms with E-state index in [-0.39, 0.29) is 5.41 Å². The minimum absolute atomic E-state index is 0.275. The van der Waals surface area contributed by atoms with Gasteiger partial charge in [0.2, 0.25) is 0 Å². The molecule has 1 aromatic rings. The summed E-state index contributed by atoms with van der Waals surface area (Å²) in [6, 6.07) is 11.0. The molecule has 0 heteroatoms.